The van der Waals surface area contributed by atoms with E-state index in [4.69, 9.17) is 12.2 Å². The SMILES string of the molecule is CC(=O)/C(=N\NC(=S)Nc1cccc(S)c1)c1ccccc1C. The molecule has 0 saturated carbocycles. The van der Waals surface area contributed by atoms with Crippen LogP contribution in [-0.4, -0.2) is 16.6 Å². The van der Waals surface area contributed by atoms with Gasteiger partial charge >= 0.3 is 0 Å². The minimum atomic E-state index is -0.132. The first-order valence-corrected chi connectivity index (χ1v) is 7.83. The number of hydrogen-bond acceptors (Lipinski definition) is 4. The number of Topliss-reactive ketones (excluding diaryl/α,β-unsaturated/α-hetero) is 1. The summed E-state index contributed by atoms with van der Waals surface area (Å²) >= 11 is 9.47. The van der Waals surface area contributed by atoms with Crippen molar-refractivity contribution in [2.75, 3.05) is 5.32 Å². The monoisotopic (exact) mass is 343 g/mol. The maximum Gasteiger partial charge on any atom is 0.191 e. The first kappa shape index (κ1) is 17.2. The molecule has 0 bridgehead atoms. The molecule has 0 radical (unpaired) electrons. The van der Waals surface area contributed by atoms with Gasteiger partial charge in [-0.1, -0.05) is 30.3 Å². The van der Waals surface area contributed by atoms with E-state index in [2.05, 4.69) is 28.5 Å². The van der Waals surface area contributed by atoms with Crippen molar-refractivity contribution >= 4 is 47.1 Å². The van der Waals surface area contributed by atoms with Gasteiger partial charge in [0.2, 0.25) is 0 Å². The van der Waals surface area contributed by atoms with E-state index in [1.54, 1.807) is 0 Å². The van der Waals surface area contributed by atoms with Crippen LogP contribution in [0.2, 0.25) is 0 Å². The van der Waals surface area contributed by atoms with Crippen molar-refractivity contribution < 1.29 is 4.79 Å². The lowest BCUT2D eigenvalue weighted by Crippen LogP contribution is -2.27. The number of thiocarbonyl (C=S) groups is 1. The number of ketones is 1. The van der Waals surface area contributed by atoms with Gasteiger partial charge in [0.05, 0.1) is 0 Å². The van der Waals surface area contributed by atoms with E-state index in [0.717, 1.165) is 21.7 Å². The molecule has 6 heteroatoms. The minimum absolute atomic E-state index is 0.132. The predicted octanol–water partition coefficient (Wildman–Crippen LogP) is 3.56. The number of nitrogens with zero attached hydrogens (tertiary/aromatic N) is 1. The highest BCUT2D eigenvalue weighted by Crippen LogP contribution is 2.13. The zero-order chi connectivity index (χ0) is 16.8. The Bertz CT molecular complexity index is 772. The fourth-order valence-corrected chi connectivity index (χ4v) is 2.41. The Labute approximate surface area is 146 Å². The lowest BCUT2D eigenvalue weighted by Gasteiger charge is -2.10. The maximum atomic E-state index is 11.9. The second kappa shape index (κ2) is 7.89. The molecule has 0 unspecified atom stereocenters. The van der Waals surface area contributed by atoms with E-state index in [1.807, 2.05) is 55.5 Å². The fraction of sp³-hybridized carbons (Fsp3) is 0.118. The van der Waals surface area contributed by atoms with Gasteiger partial charge < -0.3 is 5.32 Å². The molecular weight excluding hydrogens is 326 g/mol. The molecule has 0 fully saturated rings. The van der Waals surface area contributed by atoms with E-state index in [1.165, 1.54) is 6.92 Å². The first-order chi connectivity index (χ1) is 11.0. The standard InChI is InChI=1S/C17H17N3OS2/c1-11-6-3-4-9-15(11)16(12(2)21)19-20-17(23)18-13-7-5-8-14(22)10-13/h3-10,22H,1-2H3,(H2,18,20,23)/b19-16+. The molecule has 0 atom stereocenters. The summed E-state index contributed by atoms with van der Waals surface area (Å²) in [6, 6.07) is 15.0. The van der Waals surface area contributed by atoms with Gasteiger partial charge in [0.1, 0.15) is 5.71 Å². The second-order valence-electron chi connectivity index (χ2n) is 4.95. The van der Waals surface area contributed by atoms with Crippen LogP contribution in [0.4, 0.5) is 5.69 Å². The van der Waals surface area contributed by atoms with Crippen molar-refractivity contribution in [3.63, 3.8) is 0 Å². The summed E-state index contributed by atoms with van der Waals surface area (Å²) in [5.74, 6) is -0.132. The Hall–Kier alpha value is -2.18. The van der Waals surface area contributed by atoms with Crippen LogP contribution in [0.15, 0.2) is 58.5 Å². The number of anilines is 1. The van der Waals surface area contributed by atoms with Crippen LogP contribution in [0.3, 0.4) is 0 Å². The molecule has 118 valence electrons. The summed E-state index contributed by atoms with van der Waals surface area (Å²) in [6.07, 6.45) is 0. The summed E-state index contributed by atoms with van der Waals surface area (Å²) in [7, 11) is 0. The smallest absolute Gasteiger partial charge is 0.191 e. The Morgan fingerprint density at radius 3 is 2.57 bits per heavy atom. The normalized spacial score (nSPS) is 11.0. The molecule has 2 aromatic carbocycles. The summed E-state index contributed by atoms with van der Waals surface area (Å²) in [5.41, 5.74) is 5.62. The number of carbonyl (C=O) groups excluding carboxylic acids is 1. The molecule has 0 aliphatic heterocycles. The van der Waals surface area contributed by atoms with Gasteiger partial charge in [-0.25, -0.2) is 0 Å². The molecule has 23 heavy (non-hydrogen) atoms. The van der Waals surface area contributed by atoms with Crippen LogP contribution in [0, 0.1) is 6.92 Å². The molecule has 2 aromatic rings. The average Bonchev–Trinajstić information content (AvgIpc) is 2.49. The van der Waals surface area contributed by atoms with E-state index >= 15 is 0 Å². The molecule has 0 spiro atoms. The third-order valence-electron chi connectivity index (χ3n) is 3.11. The van der Waals surface area contributed by atoms with Crippen LogP contribution in [0.1, 0.15) is 18.1 Å². The minimum Gasteiger partial charge on any atom is -0.331 e. The number of nitrogens with one attached hydrogen (secondary N) is 2. The van der Waals surface area contributed by atoms with E-state index in [9.17, 15) is 4.79 Å². The maximum absolute atomic E-state index is 11.9. The van der Waals surface area contributed by atoms with Crippen LogP contribution in [0.5, 0.6) is 0 Å². The van der Waals surface area contributed by atoms with Gasteiger partial charge in [0.25, 0.3) is 0 Å². The number of hydrogen-bond donors (Lipinski definition) is 3. The van der Waals surface area contributed by atoms with Crippen molar-refractivity contribution in [3.05, 3.63) is 59.7 Å². The highest BCUT2D eigenvalue weighted by Gasteiger charge is 2.12. The number of thiol groups is 1. The quantitative estimate of drug-likeness (QED) is 0.344. The predicted molar refractivity (Wildman–Crippen MR) is 101 cm³/mol. The second-order valence-corrected chi connectivity index (χ2v) is 5.87. The lowest BCUT2D eigenvalue weighted by atomic mass is 10.0. The van der Waals surface area contributed by atoms with Crippen molar-refractivity contribution in [3.8, 4) is 0 Å². The molecule has 0 amide bonds. The first-order valence-electron chi connectivity index (χ1n) is 6.98. The highest BCUT2D eigenvalue weighted by molar-refractivity contribution is 7.80. The van der Waals surface area contributed by atoms with Crippen LogP contribution in [-0.2, 0) is 4.79 Å². The zero-order valence-corrected chi connectivity index (χ0v) is 14.5. The Morgan fingerprint density at radius 1 is 1.17 bits per heavy atom. The van der Waals surface area contributed by atoms with Gasteiger partial charge in [-0.15, -0.1) is 12.6 Å². The number of carbonyl (C=O) groups is 1. The molecular formula is C17H17N3OS2. The van der Waals surface area contributed by atoms with E-state index < -0.39 is 0 Å². The highest BCUT2D eigenvalue weighted by atomic mass is 32.1. The summed E-state index contributed by atoms with van der Waals surface area (Å²) < 4.78 is 0. The number of rotatable bonds is 4. The third-order valence-corrected chi connectivity index (χ3v) is 3.58. The van der Waals surface area contributed by atoms with Crippen molar-refractivity contribution in [2.24, 2.45) is 5.10 Å². The average molecular weight is 343 g/mol. The van der Waals surface area contributed by atoms with E-state index in [-0.39, 0.29) is 5.78 Å². The molecule has 0 aliphatic carbocycles. The molecule has 2 N–H and O–H groups in total. The zero-order valence-electron chi connectivity index (χ0n) is 12.8. The molecule has 0 aromatic heterocycles. The van der Waals surface area contributed by atoms with Gasteiger partial charge in [-0.3, -0.25) is 10.2 Å². The topological polar surface area (TPSA) is 53.5 Å². The molecule has 0 aliphatic rings. The van der Waals surface area contributed by atoms with Crippen molar-refractivity contribution in [1.82, 2.24) is 5.43 Å². The molecule has 0 heterocycles. The van der Waals surface area contributed by atoms with Gasteiger partial charge in [-0.2, -0.15) is 5.10 Å². The van der Waals surface area contributed by atoms with Gasteiger partial charge in [0.15, 0.2) is 10.9 Å². The van der Waals surface area contributed by atoms with Gasteiger partial charge in [0, 0.05) is 23.1 Å². The summed E-state index contributed by atoms with van der Waals surface area (Å²) in [4.78, 5) is 12.7. The fourth-order valence-electron chi connectivity index (χ4n) is 2.02. The van der Waals surface area contributed by atoms with Gasteiger partial charge in [-0.05, 0) is 42.9 Å². The summed E-state index contributed by atoms with van der Waals surface area (Å²) in [5, 5.41) is 7.47. The molecule has 2 rings (SSSR count). The molecule has 4 nitrogen and oxygen atoms in total. The van der Waals surface area contributed by atoms with Crippen LogP contribution >= 0.6 is 24.8 Å². The van der Waals surface area contributed by atoms with E-state index in [0.29, 0.717) is 10.8 Å². The Morgan fingerprint density at radius 2 is 1.91 bits per heavy atom. The number of benzene rings is 2. The summed E-state index contributed by atoms with van der Waals surface area (Å²) in [6.45, 7) is 3.41. The largest absolute Gasteiger partial charge is 0.331 e. The molecule has 0 saturated heterocycles. The number of hydrazone groups is 1. The Balaban J connectivity index is 2.14. The number of aryl methyl sites for hydroxylation is 1. The van der Waals surface area contributed by atoms with Crippen LogP contribution < -0.4 is 10.7 Å². The van der Waals surface area contributed by atoms with Crippen molar-refractivity contribution in [1.29, 1.82) is 0 Å². The lowest BCUT2D eigenvalue weighted by molar-refractivity contribution is -0.111. The third kappa shape index (κ3) is 4.91. The Kier molecular flexibility index (Phi) is 5.90. The van der Waals surface area contributed by atoms with Crippen molar-refractivity contribution in [2.45, 2.75) is 18.7 Å². The van der Waals surface area contributed by atoms with Crippen LogP contribution in [0.25, 0.3) is 0 Å².